The van der Waals surface area contributed by atoms with E-state index in [0.29, 0.717) is 23.9 Å². The van der Waals surface area contributed by atoms with Crippen molar-refractivity contribution in [2.75, 3.05) is 26.2 Å². The average Bonchev–Trinajstić information content (AvgIpc) is 3.57. The van der Waals surface area contributed by atoms with E-state index in [2.05, 4.69) is 9.88 Å². The third-order valence-electron chi connectivity index (χ3n) is 6.41. The molecule has 1 fully saturated rings. The van der Waals surface area contributed by atoms with E-state index in [0.717, 1.165) is 51.9 Å². The van der Waals surface area contributed by atoms with Crippen LogP contribution in [-0.2, 0) is 11.2 Å². The summed E-state index contributed by atoms with van der Waals surface area (Å²) in [5, 5.41) is 10.3. The van der Waals surface area contributed by atoms with E-state index in [1.54, 1.807) is 6.20 Å². The van der Waals surface area contributed by atoms with Crippen LogP contribution >= 0.6 is 22.9 Å². The van der Waals surface area contributed by atoms with Crippen molar-refractivity contribution in [2.45, 2.75) is 32.0 Å². The zero-order chi connectivity index (χ0) is 25.9. The van der Waals surface area contributed by atoms with Crippen LogP contribution in [0.25, 0.3) is 16.2 Å². The average molecular weight is 541 g/mol. The van der Waals surface area contributed by atoms with Gasteiger partial charge in [-0.2, -0.15) is 0 Å². The number of nitrogens with two attached hydrogens (primary N) is 1. The molecule has 4 aromatic rings. The number of rotatable bonds is 10. The molecule has 10 heteroatoms. The van der Waals surface area contributed by atoms with E-state index < -0.39 is 5.91 Å². The number of thiophene rings is 1. The van der Waals surface area contributed by atoms with Gasteiger partial charge >= 0.3 is 0 Å². The van der Waals surface area contributed by atoms with Gasteiger partial charge in [0.05, 0.1) is 40.4 Å². The lowest BCUT2D eigenvalue weighted by Gasteiger charge is -2.16. The molecule has 1 aromatic carbocycles. The monoisotopic (exact) mass is 540 g/mol. The first-order valence-electron chi connectivity index (χ1n) is 12.2. The van der Waals surface area contributed by atoms with Gasteiger partial charge in [-0.1, -0.05) is 29.8 Å². The molecular weight excluding hydrogens is 512 g/mol. The Morgan fingerprint density at radius 1 is 1.32 bits per heavy atom. The second kappa shape index (κ2) is 11.1. The summed E-state index contributed by atoms with van der Waals surface area (Å²) in [6.07, 6.45) is 4.04. The van der Waals surface area contributed by atoms with E-state index in [-0.39, 0.29) is 18.6 Å². The summed E-state index contributed by atoms with van der Waals surface area (Å²) in [6.45, 7) is 4.80. The smallest absolute Gasteiger partial charge is 0.222 e. The van der Waals surface area contributed by atoms with Crippen LogP contribution in [0.2, 0.25) is 5.02 Å². The van der Waals surface area contributed by atoms with Crippen LogP contribution in [0, 0.1) is 0 Å². The van der Waals surface area contributed by atoms with Crippen LogP contribution in [0.1, 0.15) is 29.9 Å². The zero-order valence-electron chi connectivity index (χ0n) is 20.5. The predicted octanol–water partition coefficient (Wildman–Crippen LogP) is 4.33. The summed E-state index contributed by atoms with van der Waals surface area (Å²) in [4.78, 5) is 20.2. The molecule has 5 rings (SSSR count). The van der Waals surface area contributed by atoms with E-state index in [9.17, 15) is 9.90 Å². The van der Waals surface area contributed by atoms with Gasteiger partial charge in [0.25, 0.3) is 0 Å². The first-order valence-corrected chi connectivity index (χ1v) is 13.4. The molecule has 8 nitrogen and oxygen atoms in total. The van der Waals surface area contributed by atoms with Gasteiger partial charge in [-0.05, 0) is 31.5 Å². The van der Waals surface area contributed by atoms with Gasteiger partial charge in [0, 0.05) is 36.3 Å². The Hall–Kier alpha value is -3.11. The number of pyridine rings is 1. The number of nitrogens with zero attached hydrogens (tertiary/aromatic N) is 3. The molecule has 0 spiro atoms. The molecule has 3 aromatic heterocycles. The maximum absolute atomic E-state index is 11.8. The zero-order valence-corrected chi connectivity index (χ0v) is 22.0. The summed E-state index contributed by atoms with van der Waals surface area (Å²) < 4.78 is 14.2. The van der Waals surface area contributed by atoms with Gasteiger partial charge in [0.15, 0.2) is 0 Å². The van der Waals surface area contributed by atoms with Crippen molar-refractivity contribution in [1.29, 1.82) is 0 Å². The topological polar surface area (TPSA) is 102 Å². The number of hydrogen-bond acceptors (Lipinski definition) is 7. The fourth-order valence-corrected chi connectivity index (χ4v) is 5.91. The molecule has 1 aliphatic rings. The number of halogens is 1. The summed E-state index contributed by atoms with van der Waals surface area (Å²) in [5.41, 5.74) is 8.04. The molecule has 1 unspecified atom stereocenters. The highest BCUT2D eigenvalue weighted by molar-refractivity contribution is 7.15. The summed E-state index contributed by atoms with van der Waals surface area (Å²) in [6, 6.07) is 13.3. The van der Waals surface area contributed by atoms with Crippen molar-refractivity contribution in [2.24, 2.45) is 5.73 Å². The summed E-state index contributed by atoms with van der Waals surface area (Å²) in [5.74, 6) is 0.897. The number of fused-ring (bicyclic) bond motifs is 1. The highest BCUT2D eigenvalue weighted by Gasteiger charge is 2.21. The number of carbonyl (C=O) groups is 1. The first-order chi connectivity index (χ1) is 17.9. The highest BCUT2D eigenvalue weighted by atomic mass is 35.5. The lowest BCUT2D eigenvalue weighted by molar-refractivity contribution is -0.117. The second-order valence-electron chi connectivity index (χ2n) is 9.15. The molecular formula is C27H29ClN4O4S. The van der Waals surface area contributed by atoms with Crippen molar-refractivity contribution >= 4 is 34.5 Å². The van der Waals surface area contributed by atoms with Gasteiger partial charge in [-0.25, -0.2) is 4.98 Å². The Morgan fingerprint density at radius 3 is 2.92 bits per heavy atom. The third kappa shape index (κ3) is 5.91. The maximum Gasteiger partial charge on any atom is 0.222 e. The van der Waals surface area contributed by atoms with E-state index in [4.69, 9.17) is 26.8 Å². The molecule has 0 aliphatic carbocycles. The molecule has 2 atom stereocenters. The van der Waals surface area contributed by atoms with Gasteiger partial charge in [-0.3, -0.25) is 14.1 Å². The number of amides is 1. The van der Waals surface area contributed by atoms with Crippen molar-refractivity contribution in [3.63, 3.8) is 0 Å². The largest absolute Gasteiger partial charge is 0.491 e. The predicted molar refractivity (Wildman–Crippen MR) is 144 cm³/mol. The SMILES string of the molecule is CC(Oc1cc(-c2cnc3ccc(OCCN4CC[C@@H](O)C4)cn23)sc1CC(N)=O)c1ccccc1Cl. The van der Waals surface area contributed by atoms with Crippen LogP contribution < -0.4 is 15.2 Å². The number of aliphatic hydroxyl groups excluding tert-OH is 1. The Balaban J connectivity index is 1.38. The van der Waals surface area contributed by atoms with Crippen LogP contribution in [-0.4, -0.2) is 57.6 Å². The second-order valence-corrected chi connectivity index (χ2v) is 10.7. The van der Waals surface area contributed by atoms with Gasteiger partial charge < -0.3 is 20.3 Å². The number of aromatic nitrogens is 2. The molecule has 3 N–H and O–H groups in total. The van der Waals surface area contributed by atoms with Crippen molar-refractivity contribution < 1.29 is 19.4 Å². The van der Waals surface area contributed by atoms with E-state index in [1.807, 2.05) is 60.0 Å². The molecule has 37 heavy (non-hydrogen) atoms. The molecule has 1 aliphatic heterocycles. The van der Waals surface area contributed by atoms with Crippen LogP contribution in [0.5, 0.6) is 11.5 Å². The number of β-amino-alcohol motifs (C(OH)–C–C–N with tert-alkyl or cyclic N) is 1. The standard InChI is InChI=1S/C27H29ClN4O4S/c1-17(20-4-2-3-5-21(20)28)36-23-12-24(37-25(23)13-26(29)34)22-14-30-27-7-6-19(16-32(22)27)35-11-10-31-9-8-18(33)15-31/h2-7,12,14,16-18,33H,8-11,13,15H2,1H3,(H2,29,34)/t17?,18-/m1/s1. The van der Waals surface area contributed by atoms with E-state index in [1.165, 1.54) is 11.3 Å². The number of primary amides is 1. The summed E-state index contributed by atoms with van der Waals surface area (Å²) >= 11 is 7.82. The number of ether oxygens (including phenoxy) is 2. The van der Waals surface area contributed by atoms with Crippen LogP contribution in [0.3, 0.4) is 0 Å². The summed E-state index contributed by atoms with van der Waals surface area (Å²) in [7, 11) is 0. The lowest BCUT2D eigenvalue weighted by Crippen LogP contribution is -2.27. The number of hydrogen-bond donors (Lipinski definition) is 2. The molecule has 1 amide bonds. The van der Waals surface area contributed by atoms with Crippen LogP contribution in [0.4, 0.5) is 0 Å². The Kier molecular flexibility index (Phi) is 7.66. The molecule has 0 saturated carbocycles. The number of likely N-dealkylation sites (tertiary alicyclic amines) is 1. The lowest BCUT2D eigenvalue weighted by atomic mass is 10.1. The number of carbonyl (C=O) groups excluding carboxylic acids is 1. The minimum Gasteiger partial charge on any atom is -0.491 e. The Labute approximate surface area is 224 Å². The molecule has 0 radical (unpaired) electrons. The Morgan fingerprint density at radius 2 is 2.16 bits per heavy atom. The minimum atomic E-state index is -0.428. The maximum atomic E-state index is 11.8. The number of aliphatic hydroxyl groups is 1. The quantitative estimate of drug-likeness (QED) is 0.310. The molecule has 0 bridgehead atoms. The van der Waals surface area contributed by atoms with Gasteiger partial charge in [-0.15, -0.1) is 11.3 Å². The fraction of sp³-hybridized carbons (Fsp3) is 0.333. The van der Waals surface area contributed by atoms with E-state index >= 15 is 0 Å². The minimum absolute atomic E-state index is 0.0749. The van der Waals surface area contributed by atoms with Gasteiger partial charge in [0.2, 0.25) is 5.91 Å². The van der Waals surface area contributed by atoms with Crippen LogP contribution in [0.15, 0.2) is 54.9 Å². The number of imidazole rings is 1. The van der Waals surface area contributed by atoms with Crippen molar-refractivity contribution in [3.8, 4) is 22.1 Å². The highest BCUT2D eigenvalue weighted by Crippen LogP contribution is 2.39. The van der Waals surface area contributed by atoms with Gasteiger partial charge in [0.1, 0.15) is 29.9 Å². The first kappa shape index (κ1) is 25.5. The van der Waals surface area contributed by atoms with Crippen molar-refractivity contribution in [3.05, 3.63) is 70.3 Å². The molecule has 194 valence electrons. The molecule has 1 saturated heterocycles. The third-order valence-corrected chi connectivity index (χ3v) is 7.89. The Bertz CT molecular complexity index is 1400. The normalized spacial score (nSPS) is 16.8. The van der Waals surface area contributed by atoms with Crippen molar-refractivity contribution in [1.82, 2.24) is 14.3 Å². The molecule has 4 heterocycles. The fourth-order valence-electron chi connectivity index (χ4n) is 4.51. The number of benzene rings is 1.